The zero-order chi connectivity index (χ0) is 23.6. The predicted octanol–water partition coefficient (Wildman–Crippen LogP) is 4.82. The number of hydrazone groups is 1. The Hall–Kier alpha value is -3.65. The number of carbonyl (C=O) groups excluding carboxylic acids is 2. The SMILES string of the molecule is COc1cc(C=NNC(=O)CC(=O)Nc2ccccc2C)cc(Br)c1OCc1ccccc1. The number of hydrogen-bond acceptors (Lipinski definition) is 5. The van der Waals surface area contributed by atoms with Gasteiger partial charge in [-0.05, 0) is 57.7 Å². The fourth-order valence-electron chi connectivity index (χ4n) is 2.96. The van der Waals surface area contributed by atoms with Gasteiger partial charge in [0.05, 0.1) is 17.8 Å². The van der Waals surface area contributed by atoms with Crippen LogP contribution in [0.2, 0.25) is 0 Å². The molecular formula is C25H24BrN3O4. The average molecular weight is 510 g/mol. The third kappa shape index (κ3) is 7.18. The normalized spacial score (nSPS) is 10.6. The Morgan fingerprint density at radius 1 is 1.03 bits per heavy atom. The van der Waals surface area contributed by atoms with Crippen molar-refractivity contribution in [2.45, 2.75) is 20.0 Å². The fraction of sp³-hybridized carbons (Fsp3) is 0.160. The van der Waals surface area contributed by atoms with Crippen LogP contribution in [-0.2, 0) is 16.2 Å². The number of methoxy groups -OCH3 is 1. The topological polar surface area (TPSA) is 89.0 Å². The first-order valence-corrected chi connectivity index (χ1v) is 11.0. The number of para-hydroxylation sites is 1. The molecule has 0 aliphatic heterocycles. The Labute approximate surface area is 200 Å². The van der Waals surface area contributed by atoms with Crippen LogP contribution >= 0.6 is 15.9 Å². The first kappa shape index (κ1) is 24.0. The molecule has 0 saturated heterocycles. The summed E-state index contributed by atoms with van der Waals surface area (Å²) in [5, 5.41) is 6.65. The summed E-state index contributed by atoms with van der Waals surface area (Å²) in [5.74, 6) is 0.147. The summed E-state index contributed by atoms with van der Waals surface area (Å²) in [4.78, 5) is 24.1. The van der Waals surface area contributed by atoms with E-state index in [1.165, 1.54) is 6.21 Å². The van der Waals surface area contributed by atoms with E-state index < -0.39 is 11.8 Å². The third-order valence-corrected chi connectivity index (χ3v) is 5.21. The summed E-state index contributed by atoms with van der Waals surface area (Å²) < 4.78 is 12.0. The Bertz CT molecular complexity index is 1150. The maximum atomic E-state index is 12.1. The molecule has 0 aromatic heterocycles. The minimum atomic E-state index is -0.522. The summed E-state index contributed by atoms with van der Waals surface area (Å²) in [6, 6.07) is 20.7. The molecule has 8 heteroatoms. The molecule has 0 bridgehead atoms. The van der Waals surface area contributed by atoms with Gasteiger partial charge in [0.25, 0.3) is 0 Å². The lowest BCUT2D eigenvalue weighted by Gasteiger charge is -2.13. The van der Waals surface area contributed by atoms with Crippen molar-refractivity contribution in [3.8, 4) is 11.5 Å². The molecule has 3 aromatic carbocycles. The number of aryl methyl sites for hydroxylation is 1. The molecule has 0 atom stereocenters. The van der Waals surface area contributed by atoms with Gasteiger partial charge in [0.1, 0.15) is 13.0 Å². The van der Waals surface area contributed by atoms with Crippen molar-refractivity contribution in [3.63, 3.8) is 0 Å². The Morgan fingerprint density at radius 2 is 1.76 bits per heavy atom. The maximum Gasteiger partial charge on any atom is 0.249 e. The zero-order valence-electron chi connectivity index (χ0n) is 18.3. The lowest BCUT2D eigenvalue weighted by molar-refractivity contribution is -0.126. The van der Waals surface area contributed by atoms with Gasteiger partial charge in [0.15, 0.2) is 11.5 Å². The molecule has 33 heavy (non-hydrogen) atoms. The van der Waals surface area contributed by atoms with E-state index in [2.05, 4.69) is 31.8 Å². The average Bonchev–Trinajstić information content (AvgIpc) is 2.80. The van der Waals surface area contributed by atoms with E-state index in [1.54, 1.807) is 25.3 Å². The smallest absolute Gasteiger partial charge is 0.249 e. The van der Waals surface area contributed by atoms with Crippen molar-refractivity contribution in [3.05, 3.63) is 87.9 Å². The number of amides is 2. The number of ether oxygens (including phenoxy) is 2. The summed E-state index contributed by atoms with van der Waals surface area (Å²) in [7, 11) is 1.55. The molecule has 170 valence electrons. The number of hydrogen-bond donors (Lipinski definition) is 2. The predicted molar refractivity (Wildman–Crippen MR) is 132 cm³/mol. The number of halogens is 1. The second kappa shape index (κ2) is 11.8. The molecule has 2 amide bonds. The van der Waals surface area contributed by atoms with E-state index in [4.69, 9.17) is 9.47 Å². The van der Waals surface area contributed by atoms with E-state index in [-0.39, 0.29) is 6.42 Å². The molecule has 3 rings (SSSR count). The van der Waals surface area contributed by atoms with Gasteiger partial charge in [-0.2, -0.15) is 5.10 Å². The second-order valence-corrected chi connectivity index (χ2v) is 8.00. The Kier molecular flexibility index (Phi) is 8.60. The van der Waals surface area contributed by atoms with Gasteiger partial charge in [-0.15, -0.1) is 0 Å². The highest BCUT2D eigenvalue weighted by atomic mass is 79.9. The lowest BCUT2D eigenvalue weighted by atomic mass is 10.2. The van der Waals surface area contributed by atoms with Crippen LogP contribution in [0.5, 0.6) is 11.5 Å². The van der Waals surface area contributed by atoms with E-state index in [1.807, 2.05) is 55.5 Å². The Balaban J connectivity index is 1.56. The highest BCUT2D eigenvalue weighted by Gasteiger charge is 2.12. The van der Waals surface area contributed by atoms with Gasteiger partial charge < -0.3 is 14.8 Å². The monoisotopic (exact) mass is 509 g/mol. The molecule has 0 aliphatic carbocycles. The molecule has 0 radical (unpaired) electrons. The first-order chi connectivity index (χ1) is 16.0. The van der Waals surface area contributed by atoms with Crippen molar-refractivity contribution < 1.29 is 19.1 Å². The minimum Gasteiger partial charge on any atom is -0.493 e. The van der Waals surface area contributed by atoms with Crippen LogP contribution in [-0.4, -0.2) is 25.1 Å². The third-order valence-electron chi connectivity index (χ3n) is 4.62. The van der Waals surface area contributed by atoms with Crippen molar-refractivity contribution in [2.24, 2.45) is 5.10 Å². The largest absolute Gasteiger partial charge is 0.493 e. The maximum absolute atomic E-state index is 12.1. The molecule has 0 saturated carbocycles. The Morgan fingerprint density at radius 3 is 2.48 bits per heavy atom. The van der Waals surface area contributed by atoms with E-state index in [0.717, 1.165) is 11.1 Å². The standard InChI is InChI=1S/C25H24BrN3O4/c1-17-8-6-7-11-21(17)28-23(30)14-24(31)29-27-15-19-12-20(26)25(22(13-19)32-2)33-16-18-9-4-3-5-10-18/h3-13,15H,14,16H2,1-2H3,(H,28,30)(H,29,31). The van der Waals surface area contributed by atoms with Gasteiger partial charge in [-0.25, -0.2) is 5.43 Å². The van der Waals surface area contributed by atoms with Crippen molar-refractivity contribution in [2.75, 3.05) is 12.4 Å². The van der Waals surface area contributed by atoms with Crippen LogP contribution in [0.25, 0.3) is 0 Å². The van der Waals surface area contributed by atoms with E-state index >= 15 is 0 Å². The minimum absolute atomic E-state index is 0.342. The van der Waals surface area contributed by atoms with Gasteiger partial charge in [-0.1, -0.05) is 48.5 Å². The van der Waals surface area contributed by atoms with Gasteiger partial charge in [-0.3, -0.25) is 9.59 Å². The van der Waals surface area contributed by atoms with Gasteiger partial charge in [0, 0.05) is 5.69 Å². The number of nitrogens with zero attached hydrogens (tertiary/aromatic N) is 1. The van der Waals surface area contributed by atoms with E-state index in [0.29, 0.717) is 33.8 Å². The van der Waals surface area contributed by atoms with Gasteiger partial charge in [0.2, 0.25) is 11.8 Å². The van der Waals surface area contributed by atoms with Crippen LogP contribution in [0.1, 0.15) is 23.1 Å². The molecule has 0 aliphatic rings. The molecule has 0 unspecified atom stereocenters. The first-order valence-electron chi connectivity index (χ1n) is 10.2. The van der Waals surface area contributed by atoms with Crippen molar-refractivity contribution in [1.29, 1.82) is 0 Å². The van der Waals surface area contributed by atoms with Crippen LogP contribution in [0.15, 0.2) is 76.3 Å². The second-order valence-electron chi connectivity index (χ2n) is 7.14. The molecule has 3 aromatic rings. The molecule has 2 N–H and O–H groups in total. The van der Waals surface area contributed by atoms with Crippen LogP contribution < -0.4 is 20.2 Å². The quantitative estimate of drug-likeness (QED) is 0.245. The van der Waals surface area contributed by atoms with Crippen LogP contribution in [0.3, 0.4) is 0 Å². The fourth-order valence-corrected chi connectivity index (χ4v) is 3.53. The number of benzene rings is 3. The summed E-state index contributed by atoms with van der Waals surface area (Å²) in [6.07, 6.45) is 1.12. The summed E-state index contributed by atoms with van der Waals surface area (Å²) in [5.41, 5.74) is 5.66. The van der Waals surface area contributed by atoms with Crippen molar-refractivity contribution >= 4 is 39.6 Å². The van der Waals surface area contributed by atoms with Crippen LogP contribution in [0.4, 0.5) is 5.69 Å². The number of carbonyl (C=O) groups is 2. The lowest BCUT2D eigenvalue weighted by Crippen LogP contribution is -2.24. The molecule has 0 spiro atoms. The molecule has 7 nitrogen and oxygen atoms in total. The van der Waals surface area contributed by atoms with Crippen LogP contribution in [0, 0.1) is 6.92 Å². The number of rotatable bonds is 9. The summed E-state index contributed by atoms with van der Waals surface area (Å²) >= 11 is 3.50. The summed E-state index contributed by atoms with van der Waals surface area (Å²) in [6.45, 7) is 2.27. The van der Waals surface area contributed by atoms with Gasteiger partial charge >= 0.3 is 0 Å². The number of nitrogens with one attached hydrogen (secondary N) is 2. The molecule has 0 fully saturated rings. The molecular weight excluding hydrogens is 486 g/mol. The number of anilines is 1. The highest BCUT2D eigenvalue weighted by molar-refractivity contribution is 9.10. The van der Waals surface area contributed by atoms with E-state index in [9.17, 15) is 9.59 Å². The highest BCUT2D eigenvalue weighted by Crippen LogP contribution is 2.36. The van der Waals surface area contributed by atoms with Crippen molar-refractivity contribution in [1.82, 2.24) is 5.43 Å². The molecule has 0 heterocycles. The zero-order valence-corrected chi connectivity index (χ0v) is 19.9.